The molecule has 4 aliphatic rings. The van der Waals surface area contributed by atoms with E-state index in [2.05, 4.69) is 47.6 Å². The fourth-order valence-corrected chi connectivity index (χ4v) is 8.90. The highest BCUT2D eigenvalue weighted by Gasteiger charge is 2.61. The van der Waals surface area contributed by atoms with Gasteiger partial charge in [0.05, 0.1) is 12.2 Å². The van der Waals surface area contributed by atoms with Gasteiger partial charge in [0.1, 0.15) is 0 Å². The van der Waals surface area contributed by atoms with E-state index in [1.807, 2.05) is 0 Å². The predicted octanol–water partition coefficient (Wildman–Crippen LogP) is 7.00. The largest absolute Gasteiger partial charge is 0.393 e. The third kappa shape index (κ3) is 4.07. The summed E-state index contributed by atoms with van der Waals surface area (Å²) in [6, 6.07) is 0. The van der Waals surface area contributed by atoms with Crippen molar-refractivity contribution in [2.75, 3.05) is 0 Å². The summed E-state index contributed by atoms with van der Waals surface area (Å²) in [6.07, 6.45) is 13.9. The van der Waals surface area contributed by atoms with Crippen molar-refractivity contribution in [2.24, 2.45) is 52.3 Å². The standard InChI is InChI=1S/C29H50O2/c1-18(2)19(3)8-7-9-20(4)23-10-11-24-27-25(13-15-29(23,24)6)28(5)14-12-22(30)16-21(28)17-26(27)31/h17-20,22-27,30-31H,7-16H2,1-6H3/t19?,20-,22+,23-,24+,25+,26-,27+,28+,29-/m1/s1. The maximum absolute atomic E-state index is 11.3. The van der Waals surface area contributed by atoms with Crippen LogP contribution in [-0.2, 0) is 0 Å². The second-order valence-corrected chi connectivity index (χ2v) is 13.1. The molecule has 3 fully saturated rings. The fraction of sp³-hybridized carbons (Fsp3) is 0.931. The molecule has 1 unspecified atom stereocenters. The van der Waals surface area contributed by atoms with Gasteiger partial charge in [-0.25, -0.2) is 0 Å². The molecule has 0 bridgehead atoms. The van der Waals surface area contributed by atoms with E-state index < -0.39 is 0 Å². The second kappa shape index (κ2) is 8.79. The smallest absolute Gasteiger partial charge is 0.0757 e. The molecule has 2 nitrogen and oxygen atoms in total. The van der Waals surface area contributed by atoms with Gasteiger partial charge < -0.3 is 10.2 Å². The first-order valence-electron chi connectivity index (χ1n) is 13.6. The zero-order valence-corrected chi connectivity index (χ0v) is 21.2. The summed E-state index contributed by atoms with van der Waals surface area (Å²) in [5.41, 5.74) is 1.98. The molecule has 31 heavy (non-hydrogen) atoms. The third-order valence-electron chi connectivity index (χ3n) is 11.3. The van der Waals surface area contributed by atoms with Crippen LogP contribution in [0.1, 0.15) is 106 Å². The van der Waals surface area contributed by atoms with Gasteiger partial charge in [-0.1, -0.05) is 72.5 Å². The summed E-state index contributed by atoms with van der Waals surface area (Å²) >= 11 is 0. The van der Waals surface area contributed by atoms with Crippen molar-refractivity contribution in [1.29, 1.82) is 0 Å². The van der Waals surface area contributed by atoms with E-state index in [-0.39, 0.29) is 17.6 Å². The monoisotopic (exact) mass is 430 g/mol. The van der Waals surface area contributed by atoms with Crippen LogP contribution in [0.4, 0.5) is 0 Å². The minimum atomic E-state index is -0.302. The van der Waals surface area contributed by atoms with Crippen LogP contribution in [0.3, 0.4) is 0 Å². The van der Waals surface area contributed by atoms with E-state index in [1.54, 1.807) is 0 Å². The maximum Gasteiger partial charge on any atom is 0.0757 e. The van der Waals surface area contributed by atoms with Crippen molar-refractivity contribution in [3.63, 3.8) is 0 Å². The second-order valence-electron chi connectivity index (χ2n) is 13.1. The third-order valence-corrected chi connectivity index (χ3v) is 11.3. The normalized spacial score (nSPS) is 46.7. The van der Waals surface area contributed by atoms with Crippen LogP contribution in [0.2, 0.25) is 0 Å². The molecule has 4 aliphatic carbocycles. The lowest BCUT2D eigenvalue weighted by Gasteiger charge is -2.59. The zero-order chi connectivity index (χ0) is 22.6. The van der Waals surface area contributed by atoms with Crippen LogP contribution in [0.5, 0.6) is 0 Å². The molecule has 0 heterocycles. The Balaban J connectivity index is 1.48. The Morgan fingerprint density at radius 3 is 2.39 bits per heavy atom. The molecule has 0 aromatic heterocycles. The van der Waals surface area contributed by atoms with E-state index in [0.717, 1.165) is 42.9 Å². The average Bonchev–Trinajstić information content (AvgIpc) is 3.06. The molecule has 0 radical (unpaired) electrons. The quantitative estimate of drug-likeness (QED) is 0.446. The molecule has 2 N–H and O–H groups in total. The van der Waals surface area contributed by atoms with Crippen LogP contribution in [0.15, 0.2) is 11.6 Å². The van der Waals surface area contributed by atoms with E-state index in [0.29, 0.717) is 23.2 Å². The number of hydrogen-bond acceptors (Lipinski definition) is 2. The molecule has 0 aromatic rings. The first-order chi connectivity index (χ1) is 14.6. The summed E-state index contributed by atoms with van der Waals surface area (Å²) in [5, 5.41) is 21.6. The van der Waals surface area contributed by atoms with Crippen LogP contribution in [0, 0.1) is 52.3 Å². The highest BCUT2D eigenvalue weighted by molar-refractivity contribution is 5.27. The first-order valence-corrected chi connectivity index (χ1v) is 13.6. The van der Waals surface area contributed by atoms with Gasteiger partial charge in [0.15, 0.2) is 0 Å². The Bertz CT molecular complexity index is 668. The van der Waals surface area contributed by atoms with Gasteiger partial charge in [-0.2, -0.15) is 0 Å². The lowest BCUT2D eigenvalue weighted by molar-refractivity contribution is -0.0971. The van der Waals surface area contributed by atoms with Gasteiger partial charge in [0.25, 0.3) is 0 Å². The Morgan fingerprint density at radius 2 is 1.68 bits per heavy atom. The molecule has 0 aliphatic heterocycles. The van der Waals surface area contributed by atoms with Gasteiger partial charge in [0.2, 0.25) is 0 Å². The molecule has 0 amide bonds. The Hall–Kier alpha value is -0.340. The summed E-state index contributed by atoms with van der Waals surface area (Å²) in [5.74, 6) is 4.97. The molecule has 0 saturated heterocycles. The molecule has 0 spiro atoms. The minimum Gasteiger partial charge on any atom is -0.393 e. The zero-order valence-electron chi connectivity index (χ0n) is 21.2. The van der Waals surface area contributed by atoms with Crippen LogP contribution in [0.25, 0.3) is 0 Å². The topological polar surface area (TPSA) is 40.5 Å². The SMILES string of the molecule is CC(C)C(C)CCC[C@@H](C)[C@H]1CC[C@H]2[C@@H]3[C@H](O)C=C4C[C@@H](O)CC[C@]4(C)[C@H]3CC[C@]12C. The van der Waals surface area contributed by atoms with Crippen molar-refractivity contribution in [1.82, 2.24) is 0 Å². The lowest BCUT2D eigenvalue weighted by atomic mass is 9.46. The van der Waals surface area contributed by atoms with Crippen LogP contribution >= 0.6 is 0 Å². The van der Waals surface area contributed by atoms with E-state index in [1.165, 1.54) is 50.5 Å². The number of aliphatic hydroxyl groups excluding tert-OH is 2. The molecule has 3 saturated carbocycles. The summed E-state index contributed by atoms with van der Waals surface area (Å²) < 4.78 is 0. The molecular formula is C29H50O2. The summed E-state index contributed by atoms with van der Waals surface area (Å²) in [6.45, 7) is 14.7. The van der Waals surface area contributed by atoms with Gasteiger partial charge in [-0.05, 0) is 97.2 Å². The number of fused-ring (bicyclic) bond motifs is 5. The predicted molar refractivity (Wildman–Crippen MR) is 130 cm³/mol. The fourth-order valence-electron chi connectivity index (χ4n) is 8.90. The van der Waals surface area contributed by atoms with Crippen molar-refractivity contribution in [3.05, 3.63) is 11.6 Å². The van der Waals surface area contributed by atoms with Crippen LogP contribution in [-0.4, -0.2) is 22.4 Å². The van der Waals surface area contributed by atoms with Gasteiger partial charge >= 0.3 is 0 Å². The molecule has 4 rings (SSSR count). The highest BCUT2D eigenvalue weighted by atomic mass is 16.3. The van der Waals surface area contributed by atoms with Crippen molar-refractivity contribution < 1.29 is 10.2 Å². The molecule has 10 atom stereocenters. The highest BCUT2D eigenvalue weighted by Crippen LogP contribution is 2.67. The number of rotatable bonds is 6. The molecule has 0 aromatic carbocycles. The Morgan fingerprint density at radius 1 is 0.935 bits per heavy atom. The summed E-state index contributed by atoms with van der Waals surface area (Å²) in [7, 11) is 0. The molecule has 178 valence electrons. The van der Waals surface area contributed by atoms with E-state index >= 15 is 0 Å². The minimum absolute atomic E-state index is 0.202. The Labute approximate surface area is 192 Å². The molecule has 2 heteroatoms. The maximum atomic E-state index is 11.3. The van der Waals surface area contributed by atoms with Crippen molar-refractivity contribution >= 4 is 0 Å². The van der Waals surface area contributed by atoms with Gasteiger partial charge in [0, 0.05) is 0 Å². The van der Waals surface area contributed by atoms with Crippen molar-refractivity contribution in [2.45, 2.75) is 118 Å². The Kier molecular flexibility index (Phi) is 6.75. The summed E-state index contributed by atoms with van der Waals surface area (Å²) in [4.78, 5) is 0. The van der Waals surface area contributed by atoms with Crippen LogP contribution < -0.4 is 0 Å². The van der Waals surface area contributed by atoms with Gasteiger partial charge in [-0.15, -0.1) is 0 Å². The number of aliphatic hydroxyl groups is 2. The van der Waals surface area contributed by atoms with Gasteiger partial charge in [-0.3, -0.25) is 0 Å². The molecular weight excluding hydrogens is 380 g/mol. The van der Waals surface area contributed by atoms with Crippen molar-refractivity contribution in [3.8, 4) is 0 Å². The first kappa shape index (κ1) is 23.8. The average molecular weight is 431 g/mol. The number of hydrogen-bond donors (Lipinski definition) is 2. The lowest BCUT2D eigenvalue weighted by Crippen LogP contribution is -2.54. The van der Waals surface area contributed by atoms with E-state index in [9.17, 15) is 10.2 Å². The van der Waals surface area contributed by atoms with E-state index in [4.69, 9.17) is 0 Å².